The predicted octanol–water partition coefficient (Wildman–Crippen LogP) is 4.23. The number of fused-ring (bicyclic) bond motifs is 1. The summed E-state index contributed by atoms with van der Waals surface area (Å²) >= 11 is 1.91. The van der Waals surface area contributed by atoms with Crippen LogP contribution in [-0.2, 0) is 23.6 Å². The number of hydrogen-bond acceptors (Lipinski definition) is 7. The molecule has 194 valence electrons. The van der Waals surface area contributed by atoms with Crippen LogP contribution >= 0.6 is 11.8 Å². The van der Waals surface area contributed by atoms with E-state index in [0.717, 1.165) is 40.7 Å². The van der Waals surface area contributed by atoms with Gasteiger partial charge in [0.1, 0.15) is 24.5 Å². The molecule has 3 atom stereocenters. The van der Waals surface area contributed by atoms with E-state index in [0.29, 0.717) is 31.4 Å². The summed E-state index contributed by atoms with van der Waals surface area (Å²) in [6, 6.07) is 18.1. The van der Waals surface area contributed by atoms with Crippen molar-refractivity contribution in [3.63, 3.8) is 0 Å². The van der Waals surface area contributed by atoms with Crippen LogP contribution < -0.4 is 15.0 Å². The quantitative estimate of drug-likeness (QED) is 0.480. The molecule has 2 aromatic carbocycles. The molecule has 1 N–H and O–H groups in total. The number of rotatable bonds is 8. The van der Waals surface area contributed by atoms with E-state index in [1.54, 1.807) is 6.33 Å². The molecule has 0 saturated carbocycles. The number of anilines is 1. The van der Waals surface area contributed by atoms with Gasteiger partial charge < -0.3 is 19.9 Å². The van der Waals surface area contributed by atoms with Crippen molar-refractivity contribution >= 4 is 23.5 Å². The van der Waals surface area contributed by atoms with Gasteiger partial charge >= 0.3 is 0 Å². The SMILES string of the molecule is CN[C@H](Cc1ccc(OCc2ccccc2)cc1)C(=O)N1CCN(c2ncnc3c2[C@H](C)SC3)[C@@H](C)C1. The van der Waals surface area contributed by atoms with E-state index in [4.69, 9.17) is 4.74 Å². The zero-order valence-electron chi connectivity index (χ0n) is 21.8. The van der Waals surface area contributed by atoms with Crippen molar-refractivity contribution in [1.82, 2.24) is 20.2 Å². The average Bonchev–Trinajstić information content (AvgIpc) is 3.32. The van der Waals surface area contributed by atoms with Crippen molar-refractivity contribution < 1.29 is 9.53 Å². The third-order valence-corrected chi connectivity index (χ3v) is 8.47. The molecule has 8 heteroatoms. The second-order valence-electron chi connectivity index (χ2n) is 9.80. The molecule has 1 saturated heterocycles. The molecule has 0 spiro atoms. The van der Waals surface area contributed by atoms with Crippen LogP contribution in [0.5, 0.6) is 5.75 Å². The van der Waals surface area contributed by atoms with Gasteiger partial charge in [0.2, 0.25) is 5.91 Å². The number of hydrogen-bond donors (Lipinski definition) is 1. The third-order valence-electron chi connectivity index (χ3n) is 7.29. The molecule has 1 aromatic heterocycles. The molecule has 1 amide bonds. The zero-order valence-corrected chi connectivity index (χ0v) is 22.6. The van der Waals surface area contributed by atoms with Crippen molar-refractivity contribution in [3.05, 3.63) is 83.3 Å². The summed E-state index contributed by atoms with van der Waals surface area (Å²) in [6.45, 7) is 7.10. The molecular weight excluding hydrogens is 482 g/mol. The number of carbonyl (C=O) groups is 1. The summed E-state index contributed by atoms with van der Waals surface area (Å²) in [6.07, 6.45) is 2.32. The Labute approximate surface area is 223 Å². The normalized spacial score (nSPS) is 20.0. The number of benzene rings is 2. The number of nitrogens with one attached hydrogen (secondary N) is 1. The first kappa shape index (κ1) is 25.5. The van der Waals surface area contributed by atoms with E-state index < -0.39 is 0 Å². The highest BCUT2D eigenvalue weighted by Crippen LogP contribution is 2.44. The number of thioether (sulfide) groups is 1. The molecule has 2 aliphatic heterocycles. The lowest BCUT2D eigenvalue weighted by Crippen LogP contribution is -2.58. The van der Waals surface area contributed by atoms with Crippen LogP contribution in [0, 0.1) is 0 Å². The Bertz CT molecular complexity index is 1210. The maximum Gasteiger partial charge on any atom is 0.240 e. The first-order valence-corrected chi connectivity index (χ1v) is 14.0. The number of aromatic nitrogens is 2. The number of ether oxygens (including phenoxy) is 1. The van der Waals surface area contributed by atoms with Gasteiger partial charge in [0, 0.05) is 42.2 Å². The van der Waals surface area contributed by atoms with Crippen molar-refractivity contribution in [2.45, 2.75) is 50.0 Å². The lowest BCUT2D eigenvalue weighted by molar-refractivity contribution is -0.134. The topological polar surface area (TPSA) is 70.6 Å². The number of carbonyl (C=O) groups excluding carboxylic acids is 1. The minimum absolute atomic E-state index is 0.148. The molecule has 7 nitrogen and oxygen atoms in total. The molecule has 3 heterocycles. The van der Waals surface area contributed by atoms with Gasteiger partial charge in [-0.2, -0.15) is 0 Å². The second-order valence-corrected chi connectivity index (χ2v) is 11.1. The molecule has 0 radical (unpaired) electrons. The molecule has 0 bridgehead atoms. The molecule has 2 aliphatic rings. The molecule has 0 aliphatic carbocycles. The maximum absolute atomic E-state index is 13.5. The smallest absolute Gasteiger partial charge is 0.240 e. The molecule has 37 heavy (non-hydrogen) atoms. The summed E-state index contributed by atoms with van der Waals surface area (Å²) < 4.78 is 5.91. The molecule has 3 aromatic rings. The third kappa shape index (κ3) is 5.75. The van der Waals surface area contributed by atoms with E-state index in [1.165, 1.54) is 5.56 Å². The molecule has 5 rings (SSSR count). The average molecular weight is 518 g/mol. The predicted molar refractivity (Wildman–Crippen MR) is 149 cm³/mol. The summed E-state index contributed by atoms with van der Waals surface area (Å²) in [7, 11) is 1.86. The van der Waals surface area contributed by atoms with Crippen molar-refractivity contribution in [2.75, 3.05) is 31.6 Å². The van der Waals surface area contributed by atoms with Gasteiger partial charge in [-0.05, 0) is 50.6 Å². The molecule has 1 fully saturated rings. The summed E-state index contributed by atoms with van der Waals surface area (Å²) in [5.74, 6) is 2.97. The first-order chi connectivity index (χ1) is 18.0. The van der Waals surface area contributed by atoms with Crippen LogP contribution in [0.4, 0.5) is 5.82 Å². The summed E-state index contributed by atoms with van der Waals surface area (Å²) in [5, 5.41) is 3.65. The van der Waals surface area contributed by atoms with Gasteiger partial charge in [-0.25, -0.2) is 9.97 Å². The summed E-state index contributed by atoms with van der Waals surface area (Å²) in [5.41, 5.74) is 4.66. The van der Waals surface area contributed by atoms with E-state index >= 15 is 0 Å². The van der Waals surface area contributed by atoms with Gasteiger partial charge in [0.15, 0.2) is 0 Å². The van der Waals surface area contributed by atoms with E-state index in [-0.39, 0.29) is 18.0 Å². The Morgan fingerprint density at radius 3 is 2.59 bits per heavy atom. The van der Waals surface area contributed by atoms with Crippen LogP contribution in [-0.4, -0.2) is 59.5 Å². The van der Waals surface area contributed by atoms with Crippen LogP contribution in [0.3, 0.4) is 0 Å². The van der Waals surface area contributed by atoms with Crippen LogP contribution in [0.2, 0.25) is 0 Å². The Balaban J connectivity index is 1.18. The largest absolute Gasteiger partial charge is 0.489 e. The Morgan fingerprint density at radius 2 is 1.86 bits per heavy atom. The highest BCUT2D eigenvalue weighted by Gasteiger charge is 2.34. The lowest BCUT2D eigenvalue weighted by Gasteiger charge is -2.42. The van der Waals surface area contributed by atoms with Crippen molar-refractivity contribution in [3.8, 4) is 5.75 Å². The lowest BCUT2D eigenvalue weighted by atomic mass is 10.0. The van der Waals surface area contributed by atoms with Crippen molar-refractivity contribution in [2.24, 2.45) is 0 Å². The van der Waals surface area contributed by atoms with E-state index in [1.807, 2.05) is 66.2 Å². The van der Waals surface area contributed by atoms with Crippen molar-refractivity contribution in [1.29, 1.82) is 0 Å². The second kappa shape index (κ2) is 11.5. The molecular formula is C29H35N5O2S. The zero-order chi connectivity index (χ0) is 25.8. The van der Waals surface area contributed by atoms with Gasteiger partial charge in [-0.3, -0.25) is 4.79 Å². The minimum atomic E-state index is -0.269. The Morgan fingerprint density at radius 1 is 1.08 bits per heavy atom. The van der Waals surface area contributed by atoms with E-state index in [2.05, 4.69) is 46.2 Å². The highest BCUT2D eigenvalue weighted by atomic mass is 32.2. The Kier molecular flexibility index (Phi) is 7.96. The Hall–Kier alpha value is -3.10. The highest BCUT2D eigenvalue weighted by molar-refractivity contribution is 7.99. The van der Waals surface area contributed by atoms with Gasteiger partial charge in [0.25, 0.3) is 0 Å². The van der Waals surface area contributed by atoms with Crippen LogP contribution in [0.25, 0.3) is 0 Å². The van der Waals surface area contributed by atoms with Gasteiger partial charge in [-0.1, -0.05) is 42.5 Å². The fourth-order valence-electron chi connectivity index (χ4n) is 5.17. The summed E-state index contributed by atoms with van der Waals surface area (Å²) in [4.78, 5) is 27.0. The number of likely N-dealkylation sites (N-methyl/N-ethyl adjacent to an activating group) is 1. The number of nitrogens with zero attached hydrogens (tertiary/aromatic N) is 4. The minimum Gasteiger partial charge on any atom is -0.489 e. The first-order valence-electron chi connectivity index (χ1n) is 13.0. The van der Waals surface area contributed by atoms with Gasteiger partial charge in [-0.15, -0.1) is 11.8 Å². The van der Waals surface area contributed by atoms with E-state index in [9.17, 15) is 4.79 Å². The number of amides is 1. The molecule has 0 unspecified atom stereocenters. The standard InChI is InChI=1S/C29H35N5O2S/c1-20-16-33(13-14-34(20)28-27-21(2)37-18-26(27)31-19-32-28)29(35)25(30-3)15-22-9-11-24(12-10-22)36-17-23-7-5-4-6-8-23/h4-12,19-21,25,30H,13-18H2,1-3H3/t20-,21-,25+/m0/s1. The fraction of sp³-hybridized carbons (Fsp3) is 0.414. The monoisotopic (exact) mass is 517 g/mol. The van der Waals surface area contributed by atoms with Crippen LogP contribution in [0.1, 0.15) is 41.5 Å². The fourth-order valence-corrected chi connectivity index (χ4v) is 6.22. The van der Waals surface area contributed by atoms with Gasteiger partial charge in [0.05, 0.1) is 11.7 Å². The number of piperazine rings is 1. The maximum atomic E-state index is 13.5. The van der Waals surface area contributed by atoms with Crippen LogP contribution in [0.15, 0.2) is 60.9 Å².